The van der Waals surface area contributed by atoms with E-state index < -0.39 is 10.0 Å². The smallest absolute Gasteiger partial charge is 0.310 e. The Hall–Kier alpha value is -3.69. The van der Waals surface area contributed by atoms with E-state index >= 15 is 0 Å². The molecule has 178 valence electrons. The maximum Gasteiger partial charge on any atom is 0.310 e. The molecule has 3 rings (SSSR count). The van der Waals surface area contributed by atoms with Crippen LogP contribution >= 0.6 is 0 Å². The number of anilines is 1. The molecular formula is C25H26N2O6S. The van der Waals surface area contributed by atoms with Crippen molar-refractivity contribution in [3.05, 3.63) is 90.0 Å². The van der Waals surface area contributed by atoms with Gasteiger partial charge < -0.3 is 14.8 Å². The normalized spacial score (nSPS) is 11.0. The minimum Gasteiger partial charge on any atom is -0.484 e. The fourth-order valence-corrected chi connectivity index (χ4v) is 4.02. The molecule has 0 aliphatic carbocycles. The predicted octanol–water partition coefficient (Wildman–Crippen LogP) is 3.29. The molecule has 0 atom stereocenters. The number of carbonyl (C=O) groups excluding carboxylic acids is 2. The maximum atomic E-state index is 12.5. The van der Waals surface area contributed by atoms with Crippen LogP contribution in [0, 0.1) is 0 Å². The lowest BCUT2D eigenvalue weighted by Gasteiger charge is -2.10. The van der Waals surface area contributed by atoms with Gasteiger partial charge >= 0.3 is 5.97 Å². The monoisotopic (exact) mass is 482 g/mol. The van der Waals surface area contributed by atoms with Crippen LogP contribution < -0.4 is 14.8 Å². The molecule has 0 saturated carbocycles. The highest BCUT2D eigenvalue weighted by Gasteiger charge is 2.14. The minimum atomic E-state index is -3.68. The van der Waals surface area contributed by atoms with Crippen LogP contribution in [0.1, 0.15) is 18.1 Å². The summed E-state index contributed by atoms with van der Waals surface area (Å²) in [6, 6.07) is 21.9. The molecule has 8 nitrogen and oxygen atoms in total. The summed E-state index contributed by atoms with van der Waals surface area (Å²) in [5.41, 5.74) is 2.19. The Morgan fingerprint density at radius 3 is 2.18 bits per heavy atom. The Balaban J connectivity index is 1.47. The van der Waals surface area contributed by atoms with Gasteiger partial charge in [-0.15, -0.1) is 0 Å². The van der Waals surface area contributed by atoms with Gasteiger partial charge in [-0.1, -0.05) is 42.5 Å². The lowest BCUT2D eigenvalue weighted by molar-refractivity contribution is -0.142. The molecule has 3 aromatic carbocycles. The lowest BCUT2D eigenvalue weighted by atomic mass is 10.1. The van der Waals surface area contributed by atoms with Gasteiger partial charge in [0.2, 0.25) is 10.0 Å². The molecule has 0 aliphatic rings. The van der Waals surface area contributed by atoms with Crippen molar-refractivity contribution < 1.29 is 27.5 Å². The second-order valence-electron chi connectivity index (χ2n) is 7.30. The molecule has 0 fully saturated rings. The molecular weight excluding hydrogens is 456 g/mol. The largest absolute Gasteiger partial charge is 0.484 e. The second kappa shape index (κ2) is 12.0. The van der Waals surface area contributed by atoms with Gasteiger partial charge in [0.25, 0.3) is 5.91 Å². The number of nitrogens with one attached hydrogen (secondary N) is 2. The minimum absolute atomic E-state index is 0.100. The summed E-state index contributed by atoms with van der Waals surface area (Å²) in [5.74, 6) is -0.320. The fraction of sp³-hybridized carbons (Fsp3) is 0.200. The van der Waals surface area contributed by atoms with Gasteiger partial charge in [0.15, 0.2) is 6.61 Å². The Morgan fingerprint density at radius 1 is 0.853 bits per heavy atom. The molecule has 1 amide bonds. The number of amides is 1. The topological polar surface area (TPSA) is 111 Å². The number of esters is 1. The highest BCUT2D eigenvalue weighted by Crippen LogP contribution is 2.17. The van der Waals surface area contributed by atoms with Crippen LogP contribution in [0.4, 0.5) is 5.69 Å². The van der Waals surface area contributed by atoms with Crippen LogP contribution in [0.3, 0.4) is 0 Å². The van der Waals surface area contributed by atoms with Crippen LogP contribution in [0.15, 0.2) is 83.8 Å². The molecule has 9 heteroatoms. The van der Waals surface area contributed by atoms with Crippen molar-refractivity contribution in [3.8, 4) is 5.75 Å². The summed E-state index contributed by atoms with van der Waals surface area (Å²) in [6.45, 7) is 2.02. The van der Waals surface area contributed by atoms with E-state index in [-0.39, 0.29) is 36.3 Å². The Morgan fingerprint density at radius 2 is 1.53 bits per heavy atom. The van der Waals surface area contributed by atoms with E-state index in [1.165, 1.54) is 24.3 Å². The molecule has 0 bridgehead atoms. The van der Waals surface area contributed by atoms with Gasteiger partial charge in [-0.05, 0) is 54.4 Å². The van der Waals surface area contributed by atoms with Crippen LogP contribution in [0.25, 0.3) is 0 Å². The summed E-state index contributed by atoms with van der Waals surface area (Å²) in [4.78, 5) is 23.8. The number of benzene rings is 3. The third kappa shape index (κ3) is 7.72. The van der Waals surface area contributed by atoms with Gasteiger partial charge in [0, 0.05) is 12.2 Å². The van der Waals surface area contributed by atoms with Gasteiger partial charge in [0.05, 0.1) is 17.9 Å². The quantitative estimate of drug-likeness (QED) is 0.406. The summed E-state index contributed by atoms with van der Waals surface area (Å²) in [5, 5.41) is 2.70. The third-order valence-electron chi connectivity index (χ3n) is 4.70. The van der Waals surface area contributed by atoms with Crippen molar-refractivity contribution >= 4 is 27.6 Å². The SMILES string of the molecule is CCOC(=O)Cc1ccc(NC(=O)COc2ccc(S(=O)(=O)NCc3ccccc3)cc2)cc1. The zero-order valence-electron chi connectivity index (χ0n) is 18.7. The molecule has 0 aromatic heterocycles. The second-order valence-corrected chi connectivity index (χ2v) is 9.06. The van der Waals surface area contributed by atoms with Crippen molar-refractivity contribution in [2.75, 3.05) is 18.5 Å². The zero-order chi connectivity index (χ0) is 24.4. The average molecular weight is 483 g/mol. The molecule has 0 radical (unpaired) electrons. The molecule has 34 heavy (non-hydrogen) atoms. The van der Waals surface area contributed by atoms with Crippen LogP contribution in [0.5, 0.6) is 5.75 Å². The van der Waals surface area contributed by atoms with Gasteiger partial charge in [0.1, 0.15) is 5.75 Å². The Labute approximate surface area is 199 Å². The van der Waals surface area contributed by atoms with E-state index in [2.05, 4.69) is 10.0 Å². The summed E-state index contributed by atoms with van der Waals surface area (Å²) < 4.78 is 37.8. The van der Waals surface area contributed by atoms with E-state index in [1.54, 1.807) is 31.2 Å². The first-order chi connectivity index (χ1) is 16.4. The molecule has 0 heterocycles. The number of ether oxygens (including phenoxy) is 2. The van der Waals surface area contributed by atoms with Gasteiger partial charge in [-0.2, -0.15) is 0 Å². The van der Waals surface area contributed by atoms with Crippen molar-refractivity contribution in [3.63, 3.8) is 0 Å². The maximum absolute atomic E-state index is 12.5. The Bertz CT molecular complexity index is 1190. The lowest BCUT2D eigenvalue weighted by Crippen LogP contribution is -2.23. The highest BCUT2D eigenvalue weighted by atomic mass is 32.2. The third-order valence-corrected chi connectivity index (χ3v) is 6.12. The van der Waals surface area contributed by atoms with Crippen molar-refractivity contribution in [1.29, 1.82) is 0 Å². The fourth-order valence-electron chi connectivity index (χ4n) is 3.00. The number of carbonyl (C=O) groups is 2. The van der Waals surface area contributed by atoms with Crippen LogP contribution in [0.2, 0.25) is 0 Å². The first-order valence-electron chi connectivity index (χ1n) is 10.7. The van der Waals surface area contributed by atoms with E-state index in [0.29, 0.717) is 18.0 Å². The number of hydrogen-bond donors (Lipinski definition) is 2. The average Bonchev–Trinajstić information content (AvgIpc) is 2.84. The molecule has 0 saturated heterocycles. The standard InChI is InChI=1S/C25H26N2O6S/c1-2-32-25(29)16-19-8-10-21(11-9-19)27-24(28)18-33-22-12-14-23(15-13-22)34(30,31)26-17-20-6-4-3-5-7-20/h3-15,26H,2,16-18H2,1H3,(H,27,28). The molecule has 3 aromatic rings. The van der Waals surface area contributed by atoms with Crippen molar-refractivity contribution in [1.82, 2.24) is 4.72 Å². The first-order valence-corrected chi connectivity index (χ1v) is 12.1. The highest BCUT2D eigenvalue weighted by molar-refractivity contribution is 7.89. The summed E-state index contributed by atoms with van der Waals surface area (Å²) in [6.07, 6.45) is 0.165. The number of hydrogen-bond acceptors (Lipinski definition) is 6. The van der Waals surface area contributed by atoms with E-state index in [0.717, 1.165) is 11.1 Å². The van der Waals surface area contributed by atoms with Crippen molar-refractivity contribution in [2.24, 2.45) is 0 Å². The Kier molecular flexibility index (Phi) is 8.78. The number of sulfonamides is 1. The van der Waals surface area contributed by atoms with E-state index in [9.17, 15) is 18.0 Å². The molecule has 0 unspecified atom stereocenters. The predicted molar refractivity (Wildman–Crippen MR) is 128 cm³/mol. The first kappa shape index (κ1) is 24.9. The summed E-state index contributed by atoms with van der Waals surface area (Å²) >= 11 is 0. The van der Waals surface area contributed by atoms with E-state index in [1.807, 2.05) is 30.3 Å². The van der Waals surface area contributed by atoms with Crippen LogP contribution in [-0.4, -0.2) is 33.5 Å². The van der Waals surface area contributed by atoms with E-state index in [4.69, 9.17) is 9.47 Å². The van der Waals surface area contributed by atoms with Crippen LogP contribution in [-0.2, 0) is 37.3 Å². The molecule has 0 aliphatic heterocycles. The summed E-state index contributed by atoms with van der Waals surface area (Å²) in [7, 11) is -3.68. The molecule has 0 spiro atoms. The van der Waals surface area contributed by atoms with Gasteiger partial charge in [-0.3, -0.25) is 9.59 Å². The molecule has 2 N–H and O–H groups in total. The van der Waals surface area contributed by atoms with Gasteiger partial charge in [-0.25, -0.2) is 13.1 Å². The zero-order valence-corrected chi connectivity index (χ0v) is 19.5. The number of rotatable bonds is 11. The van der Waals surface area contributed by atoms with Crippen molar-refractivity contribution in [2.45, 2.75) is 24.8 Å².